The van der Waals surface area contributed by atoms with Crippen LogP contribution in [0.5, 0.6) is 5.75 Å². The van der Waals surface area contributed by atoms with Crippen molar-refractivity contribution in [3.05, 3.63) is 59.2 Å². The highest BCUT2D eigenvalue weighted by Gasteiger charge is 2.45. The van der Waals surface area contributed by atoms with E-state index in [2.05, 4.69) is 25.1 Å². The van der Waals surface area contributed by atoms with E-state index in [4.69, 9.17) is 4.74 Å². The first-order valence-corrected chi connectivity index (χ1v) is 11.3. The number of nitrogens with zero attached hydrogens (tertiary/aromatic N) is 1. The minimum atomic E-state index is 0.106. The van der Waals surface area contributed by atoms with Gasteiger partial charge in [0.25, 0.3) is 5.91 Å². The van der Waals surface area contributed by atoms with E-state index in [0.29, 0.717) is 6.10 Å². The Balaban J connectivity index is 1.44. The Labute approximate surface area is 174 Å². The van der Waals surface area contributed by atoms with Crippen molar-refractivity contribution in [3.63, 3.8) is 0 Å². The van der Waals surface area contributed by atoms with Crippen LogP contribution in [0, 0.1) is 6.92 Å². The molecule has 2 saturated carbocycles. The maximum atomic E-state index is 13.6. The number of anilines is 1. The summed E-state index contributed by atoms with van der Waals surface area (Å²) in [5, 5.41) is 0. The number of hydrogen-bond acceptors (Lipinski definition) is 2. The van der Waals surface area contributed by atoms with Gasteiger partial charge in [-0.25, -0.2) is 0 Å². The zero-order valence-electron chi connectivity index (χ0n) is 17.5. The van der Waals surface area contributed by atoms with Gasteiger partial charge in [0.15, 0.2) is 0 Å². The molecule has 0 saturated heterocycles. The van der Waals surface area contributed by atoms with Crippen molar-refractivity contribution in [3.8, 4) is 5.75 Å². The number of hydrogen-bond donors (Lipinski definition) is 0. The Hall–Kier alpha value is -2.29. The second kappa shape index (κ2) is 7.51. The number of carbonyl (C=O) groups is 1. The number of ether oxygens (including phenoxy) is 1. The van der Waals surface area contributed by atoms with Crippen LogP contribution in [0.4, 0.5) is 5.69 Å². The van der Waals surface area contributed by atoms with E-state index < -0.39 is 0 Å². The normalized spacial score (nSPS) is 20.8. The number of fused-ring (bicyclic) bond motifs is 2. The first-order valence-electron chi connectivity index (χ1n) is 11.3. The SMILES string of the molecule is Cc1ccc2c(c1)C1(CCCCC1)CN2C(=O)c1cccc(OC2CCCC2)c1. The third kappa shape index (κ3) is 3.45. The maximum absolute atomic E-state index is 13.6. The topological polar surface area (TPSA) is 29.5 Å². The summed E-state index contributed by atoms with van der Waals surface area (Å²) >= 11 is 0. The molecule has 0 atom stereocenters. The molecule has 2 aliphatic carbocycles. The average Bonchev–Trinajstić information content (AvgIpc) is 3.35. The highest BCUT2D eigenvalue weighted by Crippen LogP contribution is 2.49. The average molecular weight is 390 g/mol. The quantitative estimate of drug-likeness (QED) is 0.627. The number of aryl methyl sites for hydroxylation is 1. The highest BCUT2D eigenvalue weighted by atomic mass is 16.5. The third-order valence-electron chi connectivity index (χ3n) is 7.22. The fourth-order valence-electron chi connectivity index (χ4n) is 5.68. The predicted octanol–water partition coefficient (Wildman–Crippen LogP) is 6.18. The number of carbonyl (C=O) groups excluding carboxylic acids is 1. The fourth-order valence-corrected chi connectivity index (χ4v) is 5.68. The van der Waals surface area contributed by atoms with E-state index in [1.807, 2.05) is 29.2 Å². The van der Waals surface area contributed by atoms with Gasteiger partial charge < -0.3 is 9.64 Å². The molecule has 5 rings (SSSR count). The van der Waals surface area contributed by atoms with Gasteiger partial charge in [0.2, 0.25) is 0 Å². The molecule has 0 aromatic heterocycles. The summed E-state index contributed by atoms with van der Waals surface area (Å²) < 4.78 is 6.15. The van der Waals surface area contributed by atoms with Crippen molar-refractivity contribution in [2.45, 2.75) is 76.2 Å². The Kier molecular flexibility index (Phi) is 4.85. The monoisotopic (exact) mass is 389 g/mol. The smallest absolute Gasteiger partial charge is 0.258 e. The summed E-state index contributed by atoms with van der Waals surface area (Å²) in [6.07, 6.45) is 11.3. The maximum Gasteiger partial charge on any atom is 0.258 e. The number of rotatable bonds is 3. The van der Waals surface area contributed by atoms with E-state index in [0.717, 1.165) is 36.4 Å². The van der Waals surface area contributed by atoms with Crippen LogP contribution in [0.15, 0.2) is 42.5 Å². The van der Waals surface area contributed by atoms with Gasteiger partial charge in [0, 0.05) is 23.2 Å². The van der Waals surface area contributed by atoms with Crippen LogP contribution < -0.4 is 9.64 Å². The Morgan fingerprint density at radius 3 is 2.59 bits per heavy atom. The zero-order chi connectivity index (χ0) is 19.8. The van der Waals surface area contributed by atoms with Gasteiger partial charge in [-0.3, -0.25) is 4.79 Å². The van der Waals surface area contributed by atoms with Gasteiger partial charge >= 0.3 is 0 Å². The Morgan fingerprint density at radius 1 is 1.00 bits per heavy atom. The molecule has 1 aliphatic heterocycles. The van der Waals surface area contributed by atoms with Crippen molar-refractivity contribution in [1.29, 1.82) is 0 Å². The molecule has 2 aromatic rings. The van der Waals surface area contributed by atoms with Crippen molar-refractivity contribution in [2.75, 3.05) is 11.4 Å². The second-order valence-corrected chi connectivity index (χ2v) is 9.31. The Bertz CT molecular complexity index is 907. The Morgan fingerprint density at radius 2 is 1.79 bits per heavy atom. The number of benzene rings is 2. The molecule has 1 spiro atoms. The largest absolute Gasteiger partial charge is 0.490 e. The van der Waals surface area contributed by atoms with Gasteiger partial charge in [0.1, 0.15) is 5.75 Å². The van der Waals surface area contributed by atoms with Crippen LogP contribution in [-0.4, -0.2) is 18.6 Å². The molecule has 1 amide bonds. The molecule has 0 N–H and O–H groups in total. The molecule has 152 valence electrons. The van der Waals surface area contributed by atoms with Crippen LogP contribution in [0.25, 0.3) is 0 Å². The minimum absolute atomic E-state index is 0.106. The second-order valence-electron chi connectivity index (χ2n) is 9.31. The molecular formula is C26H31NO2. The first-order chi connectivity index (χ1) is 14.1. The summed E-state index contributed by atoms with van der Waals surface area (Å²) in [5.41, 5.74) is 4.68. The molecule has 1 heterocycles. The van der Waals surface area contributed by atoms with Gasteiger partial charge in [0.05, 0.1) is 6.10 Å². The standard InChI is InChI=1S/C26H31NO2/c1-19-12-13-24-23(16-19)26(14-5-2-6-15-26)18-27(24)25(28)20-8-7-11-22(17-20)29-21-9-3-4-10-21/h7-8,11-13,16-17,21H,2-6,9-10,14-15,18H2,1H3. The number of amides is 1. The molecule has 29 heavy (non-hydrogen) atoms. The van der Waals surface area contributed by atoms with Crippen molar-refractivity contribution < 1.29 is 9.53 Å². The lowest BCUT2D eigenvalue weighted by Gasteiger charge is -2.34. The molecule has 0 radical (unpaired) electrons. The van der Waals surface area contributed by atoms with E-state index in [1.54, 1.807) is 0 Å². The minimum Gasteiger partial charge on any atom is -0.490 e. The van der Waals surface area contributed by atoms with E-state index in [1.165, 1.54) is 56.1 Å². The van der Waals surface area contributed by atoms with Gasteiger partial charge in [-0.1, -0.05) is 43.0 Å². The van der Waals surface area contributed by atoms with E-state index in [9.17, 15) is 4.79 Å². The van der Waals surface area contributed by atoms with Crippen molar-refractivity contribution in [1.82, 2.24) is 0 Å². The third-order valence-corrected chi connectivity index (χ3v) is 7.22. The summed E-state index contributed by atoms with van der Waals surface area (Å²) in [6.45, 7) is 2.98. The predicted molar refractivity (Wildman–Crippen MR) is 117 cm³/mol. The van der Waals surface area contributed by atoms with E-state index in [-0.39, 0.29) is 11.3 Å². The lowest BCUT2D eigenvalue weighted by atomic mass is 9.70. The molecule has 3 aliphatic rings. The summed E-state index contributed by atoms with van der Waals surface area (Å²) in [5.74, 6) is 0.938. The van der Waals surface area contributed by atoms with Gasteiger partial charge in [-0.05, 0) is 75.3 Å². The molecule has 3 heteroatoms. The molecule has 3 nitrogen and oxygen atoms in total. The fraction of sp³-hybridized carbons (Fsp3) is 0.500. The molecular weight excluding hydrogens is 358 g/mol. The summed E-state index contributed by atoms with van der Waals surface area (Å²) in [4.78, 5) is 15.6. The van der Waals surface area contributed by atoms with Gasteiger partial charge in [-0.15, -0.1) is 0 Å². The van der Waals surface area contributed by atoms with Crippen LogP contribution in [0.2, 0.25) is 0 Å². The summed E-state index contributed by atoms with van der Waals surface area (Å²) in [6, 6.07) is 14.4. The molecule has 2 aromatic carbocycles. The lowest BCUT2D eigenvalue weighted by molar-refractivity contribution is 0.0981. The zero-order valence-corrected chi connectivity index (χ0v) is 17.5. The molecule has 0 bridgehead atoms. The van der Waals surface area contributed by atoms with Crippen LogP contribution in [0.3, 0.4) is 0 Å². The van der Waals surface area contributed by atoms with Crippen LogP contribution in [-0.2, 0) is 5.41 Å². The van der Waals surface area contributed by atoms with E-state index >= 15 is 0 Å². The van der Waals surface area contributed by atoms with Crippen molar-refractivity contribution >= 4 is 11.6 Å². The van der Waals surface area contributed by atoms with Crippen molar-refractivity contribution in [2.24, 2.45) is 0 Å². The highest BCUT2D eigenvalue weighted by molar-refractivity contribution is 6.08. The molecule has 2 fully saturated rings. The van der Waals surface area contributed by atoms with Crippen LogP contribution >= 0.6 is 0 Å². The molecule has 0 unspecified atom stereocenters. The van der Waals surface area contributed by atoms with Crippen LogP contribution in [0.1, 0.15) is 79.3 Å². The summed E-state index contributed by atoms with van der Waals surface area (Å²) in [7, 11) is 0. The lowest BCUT2D eigenvalue weighted by Crippen LogP contribution is -2.38. The first kappa shape index (κ1) is 18.7. The van der Waals surface area contributed by atoms with Gasteiger partial charge in [-0.2, -0.15) is 0 Å².